The molecular weight excluding hydrogens is 448 g/mol. The average Bonchev–Trinajstić information content (AvgIpc) is 2.89. The molecule has 0 bridgehead atoms. The molecule has 0 atom stereocenters. The van der Waals surface area contributed by atoms with Crippen LogP contribution in [0.1, 0.15) is 94.0 Å². The Hall–Kier alpha value is -3.01. The first-order chi connectivity index (χ1) is 17.7. The summed E-state index contributed by atoms with van der Waals surface area (Å²) in [5, 5.41) is 1.90. The van der Waals surface area contributed by atoms with E-state index in [4.69, 9.17) is 14.2 Å². The van der Waals surface area contributed by atoms with Crippen molar-refractivity contribution in [2.75, 3.05) is 13.2 Å². The van der Waals surface area contributed by atoms with E-state index in [9.17, 15) is 4.79 Å². The number of fused-ring (bicyclic) bond motifs is 1. The van der Waals surface area contributed by atoms with Gasteiger partial charge in [-0.15, -0.1) is 0 Å². The fourth-order valence-electron chi connectivity index (χ4n) is 4.44. The van der Waals surface area contributed by atoms with Gasteiger partial charge in [0.15, 0.2) is 0 Å². The van der Waals surface area contributed by atoms with Crippen LogP contribution in [0, 0.1) is 6.92 Å². The highest BCUT2D eigenvalue weighted by Gasteiger charge is 2.22. The number of para-hydroxylation sites is 1. The van der Waals surface area contributed by atoms with E-state index in [0.29, 0.717) is 36.0 Å². The number of carbonyl (C=O) groups is 1. The van der Waals surface area contributed by atoms with E-state index in [0.717, 1.165) is 42.0 Å². The topological polar surface area (TPSA) is 44.8 Å². The molecule has 0 N–H and O–H groups in total. The number of carbonyl (C=O) groups excluding carboxylic acids is 1. The predicted molar refractivity (Wildman–Crippen MR) is 149 cm³/mol. The molecule has 4 heteroatoms. The summed E-state index contributed by atoms with van der Waals surface area (Å²) >= 11 is 0. The first kappa shape index (κ1) is 27.6. The predicted octanol–water partition coefficient (Wildman–Crippen LogP) is 9.07. The van der Waals surface area contributed by atoms with E-state index < -0.39 is 5.97 Å². The zero-order valence-electron chi connectivity index (χ0n) is 22.3. The summed E-state index contributed by atoms with van der Waals surface area (Å²) in [6.45, 7) is 7.70. The fraction of sp³-hybridized carbons (Fsp3) is 0.469. The van der Waals surface area contributed by atoms with Crippen LogP contribution in [0.2, 0.25) is 0 Å². The Kier molecular flexibility index (Phi) is 11.6. The van der Waals surface area contributed by atoms with Crippen LogP contribution in [0.15, 0.2) is 54.6 Å². The van der Waals surface area contributed by atoms with Crippen molar-refractivity contribution in [1.82, 2.24) is 0 Å². The normalized spacial score (nSPS) is 11.0. The maximum Gasteiger partial charge on any atom is 0.347 e. The number of unbranched alkanes of at least 4 members (excludes halogenated alkanes) is 8. The second kappa shape index (κ2) is 15.2. The zero-order chi connectivity index (χ0) is 25.6. The smallest absolute Gasteiger partial charge is 0.347 e. The average molecular weight is 491 g/mol. The van der Waals surface area contributed by atoms with Gasteiger partial charge >= 0.3 is 5.97 Å². The number of benzene rings is 3. The summed E-state index contributed by atoms with van der Waals surface area (Å²) in [5.74, 6) is 1.38. The molecule has 3 aromatic rings. The van der Waals surface area contributed by atoms with Crippen LogP contribution < -0.4 is 14.2 Å². The molecule has 36 heavy (non-hydrogen) atoms. The Bertz CT molecular complexity index is 1070. The Morgan fingerprint density at radius 3 is 2.03 bits per heavy atom. The minimum absolute atomic E-state index is 0.409. The quantitative estimate of drug-likeness (QED) is 0.114. The lowest BCUT2D eigenvalue weighted by atomic mass is 10.00. The molecule has 0 unspecified atom stereocenters. The zero-order valence-corrected chi connectivity index (χ0v) is 22.3. The van der Waals surface area contributed by atoms with Crippen molar-refractivity contribution < 1.29 is 19.0 Å². The van der Waals surface area contributed by atoms with Crippen LogP contribution in [-0.4, -0.2) is 19.2 Å². The molecule has 194 valence electrons. The third kappa shape index (κ3) is 8.01. The van der Waals surface area contributed by atoms with Crippen molar-refractivity contribution >= 4 is 16.7 Å². The van der Waals surface area contributed by atoms with Crippen molar-refractivity contribution in [3.63, 3.8) is 0 Å². The van der Waals surface area contributed by atoms with Crippen LogP contribution >= 0.6 is 0 Å². The summed E-state index contributed by atoms with van der Waals surface area (Å²) in [5.41, 5.74) is 1.51. The molecule has 0 fully saturated rings. The van der Waals surface area contributed by atoms with Gasteiger partial charge in [-0.25, -0.2) is 4.79 Å². The van der Waals surface area contributed by atoms with Crippen molar-refractivity contribution in [3.8, 4) is 17.2 Å². The summed E-state index contributed by atoms with van der Waals surface area (Å²) in [6, 6.07) is 17.1. The largest absolute Gasteiger partial charge is 0.493 e. The number of hydrogen-bond donors (Lipinski definition) is 0. The summed E-state index contributed by atoms with van der Waals surface area (Å²) < 4.78 is 18.3. The molecule has 0 aliphatic carbocycles. The van der Waals surface area contributed by atoms with Gasteiger partial charge in [-0.05, 0) is 43.5 Å². The van der Waals surface area contributed by atoms with E-state index in [1.807, 2.05) is 36.4 Å². The van der Waals surface area contributed by atoms with E-state index >= 15 is 0 Å². The van der Waals surface area contributed by atoms with Crippen LogP contribution in [-0.2, 0) is 0 Å². The molecular formula is C32H42O4. The summed E-state index contributed by atoms with van der Waals surface area (Å²) in [7, 11) is 0. The Labute approximate surface area is 217 Å². The van der Waals surface area contributed by atoms with E-state index in [2.05, 4.69) is 26.8 Å². The highest BCUT2D eigenvalue weighted by molar-refractivity contribution is 6.05. The van der Waals surface area contributed by atoms with Gasteiger partial charge in [0.25, 0.3) is 0 Å². The van der Waals surface area contributed by atoms with Gasteiger partial charge in [0.05, 0.1) is 13.2 Å². The SMILES string of the molecule is CCCCCCCOc1c(C(=O)Oc2ccccc2)cc(OCCCCCCC)c2c(C)cccc12. The molecule has 0 saturated carbocycles. The van der Waals surface area contributed by atoms with Crippen LogP contribution in [0.5, 0.6) is 17.2 Å². The van der Waals surface area contributed by atoms with Gasteiger partial charge in [0.2, 0.25) is 0 Å². The molecule has 0 aliphatic rings. The maximum atomic E-state index is 13.4. The fourth-order valence-corrected chi connectivity index (χ4v) is 4.44. The van der Waals surface area contributed by atoms with Crippen LogP contribution in [0.25, 0.3) is 10.8 Å². The van der Waals surface area contributed by atoms with Crippen molar-refractivity contribution in [1.29, 1.82) is 0 Å². The molecule has 0 heterocycles. The van der Waals surface area contributed by atoms with Gasteiger partial charge in [-0.2, -0.15) is 0 Å². The second-order valence-electron chi connectivity index (χ2n) is 9.48. The standard InChI is InChI=1S/C32H42O4/c1-4-6-8-10-15-22-34-29-24-28(32(33)36-26-19-13-12-14-20-26)31(35-23-16-11-9-7-5-2)27-21-17-18-25(3)30(27)29/h12-14,17-21,24H,4-11,15-16,22-23H2,1-3H3. The molecule has 0 radical (unpaired) electrons. The molecule has 0 amide bonds. The molecule has 3 rings (SSSR count). The number of hydrogen-bond acceptors (Lipinski definition) is 4. The number of ether oxygens (including phenoxy) is 3. The van der Waals surface area contributed by atoms with Gasteiger partial charge in [0, 0.05) is 10.8 Å². The molecule has 4 nitrogen and oxygen atoms in total. The highest BCUT2D eigenvalue weighted by atomic mass is 16.5. The summed E-state index contributed by atoms with van der Waals surface area (Å²) in [4.78, 5) is 13.4. The minimum Gasteiger partial charge on any atom is -0.493 e. The number of aryl methyl sites for hydroxylation is 1. The Morgan fingerprint density at radius 1 is 0.722 bits per heavy atom. The highest BCUT2D eigenvalue weighted by Crippen LogP contribution is 2.39. The molecule has 3 aromatic carbocycles. The molecule has 0 spiro atoms. The maximum absolute atomic E-state index is 13.4. The lowest BCUT2D eigenvalue weighted by Crippen LogP contribution is -2.13. The van der Waals surface area contributed by atoms with Crippen molar-refractivity contribution in [2.45, 2.75) is 85.0 Å². The molecule has 0 aliphatic heterocycles. The van der Waals surface area contributed by atoms with Crippen molar-refractivity contribution in [3.05, 3.63) is 65.7 Å². The number of esters is 1. The third-order valence-electron chi connectivity index (χ3n) is 6.46. The number of rotatable bonds is 16. The van der Waals surface area contributed by atoms with E-state index in [-0.39, 0.29) is 0 Å². The van der Waals surface area contributed by atoms with Gasteiger partial charge in [-0.1, -0.05) is 102 Å². The van der Waals surface area contributed by atoms with Gasteiger partial charge < -0.3 is 14.2 Å². The molecule has 0 aromatic heterocycles. The first-order valence-electron chi connectivity index (χ1n) is 13.7. The lowest BCUT2D eigenvalue weighted by Gasteiger charge is -2.18. The minimum atomic E-state index is -0.432. The van der Waals surface area contributed by atoms with Gasteiger partial charge in [0.1, 0.15) is 22.8 Å². The monoisotopic (exact) mass is 490 g/mol. The van der Waals surface area contributed by atoms with Gasteiger partial charge in [-0.3, -0.25) is 0 Å². The van der Waals surface area contributed by atoms with E-state index in [1.54, 1.807) is 12.1 Å². The second-order valence-corrected chi connectivity index (χ2v) is 9.48. The van der Waals surface area contributed by atoms with Crippen LogP contribution in [0.4, 0.5) is 0 Å². The molecule has 0 saturated heterocycles. The van der Waals surface area contributed by atoms with Crippen LogP contribution in [0.3, 0.4) is 0 Å². The third-order valence-corrected chi connectivity index (χ3v) is 6.46. The Morgan fingerprint density at radius 2 is 1.36 bits per heavy atom. The lowest BCUT2D eigenvalue weighted by molar-refractivity contribution is 0.0730. The first-order valence-corrected chi connectivity index (χ1v) is 13.7. The Balaban J connectivity index is 1.90. The summed E-state index contributed by atoms with van der Waals surface area (Å²) in [6.07, 6.45) is 11.6. The van der Waals surface area contributed by atoms with E-state index in [1.165, 1.54) is 38.5 Å². The van der Waals surface area contributed by atoms with Crippen molar-refractivity contribution in [2.24, 2.45) is 0 Å².